The number of terminal acetylenes is 1. The molecule has 0 spiro atoms. The molecular formula is C26H32N10O7. The van der Waals surface area contributed by atoms with Crippen LogP contribution in [0.3, 0.4) is 0 Å². The van der Waals surface area contributed by atoms with Crippen LogP contribution in [0.25, 0.3) is 22.3 Å². The number of aliphatic hydroxyl groups is 4. The molecule has 0 aromatic carbocycles. The lowest BCUT2D eigenvalue weighted by Crippen LogP contribution is -2.43. The number of aromatic amines is 1. The van der Waals surface area contributed by atoms with E-state index in [2.05, 4.69) is 42.4 Å². The number of H-pyrrole nitrogens is 1. The predicted molar refractivity (Wildman–Crippen MR) is 152 cm³/mol. The van der Waals surface area contributed by atoms with E-state index in [1.54, 1.807) is 18.4 Å². The number of aromatic nitrogens is 8. The van der Waals surface area contributed by atoms with Crippen molar-refractivity contribution in [3.63, 3.8) is 0 Å². The van der Waals surface area contributed by atoms with Gasteiger partial charge < -0.3 is 41.4 Å². The van der Waals surface area contributed by atoms with Gasteiger partial charge in [0.25, 0.3) is 5.56 Å². The number of hydrogen-bond donors (Lipinski definition) is 7. The van der Waals surface area contributed by atoms with Gasteiger partial charge in [-0.1, -0.05) is 25.8 Å². The Balaban J connectivity index is 0.000000171. The van der Waals surface area contributed by atoms with Gasteiger partial charge in [-0.2, -0.15) is 4.98 Å². The molecule has 2 aliphatic heterocycles. The molecule has 9 N–H and O–H groups in total. The Morgan fingerprint density at radius 2 is 1.65 bits per heavy atom. The number of nitrogen functional groups attached to an aromatic ring is 2. The van der Waals surface area contributed by atoms with E-state index in [-0.39, 0.29) is 34.8 Å². The zero-order valence-corrected chi connectivity index (χ0v) is 23.3. The first-order chi connectivity index (χ1) is 20.5. The topological polar surface area (TPSA) is 259 Å². The minimum atomic E-state index is -1.43. The SMILES string of the molecule is C#C[C@]1(CO)O[C@@H](n2cnc3c(N)ncnc32)[C@@H](C)[C@@H]1O.C=C[C@]1(CO)O[C@@H](n2cnc3c(=O)[nH]c(N)nc32)[C@@H](C)[C@@H]1O. The van der Waals surface area contributed by atoms with Crippen molar-refractivity contribution in [2.24, 2.45) is 11.8 Å². The van der Waals surface area contributed by atoms with E-state index in [1.165, 1.54) is 29.6 Å². The molecule has 43 heavy (non-hydrogen) atoms. The largest absolute Gasteiger partial charge is 0.393 e. The Morgan fingerprint density at radius 1 is 1.02 bits per heavy atom. The molecule has 17 heteroatoms. The molecule has 2 fully saturated rings. The molecule has 8 atom stereocenters. The predicted octanol–water partition coefficient (Wildman–Crippen LogP) is -1.56. The number of ether oxygens (including phenoxy) is 2. The Bertz CT molecular complexity index is 1760. The molecule has 6 heterocycles. The molecule has 0 bridgehead atoms. The lowest BCUT2D eigenvalue weighted by molar-refractivity contribution is -0.0957. The van der Waals surface area contributed by atoms with Crippen molar-refractivity contribution in [1.82, 2.24) is 39.0 Å². The summed E-state index contributed by atoms with van der Waals surface area (Å²) >= 11 is 0. The molecule has 2 saturated heterocycles. The van der Waals surface area contributed by atoms with Gasteiger partial charge in [0.1, 0.15) is 36.0 Å². The first kappa shape index (κ1) is 30.0. The summed E-state index contributed by atoms with van der Waals surface area (Å²) in [5.74, 6) is 1.82. The van der Waals surface area contributed by atoms with Crippen molar-refractivity contribution in [3.05, 3.63) is 42.0 Å². The second-order valence-electron chi connectivity index (χ2n) is 10.5. The maximum Gasteiger partial charge on any atom is 0.280 e. The zero-order valence-electron chi connectivity index (χ0n) is 23.3. The van der Waals surface area contributed by atoms with Gasteiger partial charge in [-0.05, 0) is 0 Å². The quantitative estimate of drug-likeness (QED) is 0.102. The van der Waals surface area contributed by atoms with Gasteiger partial charge in [-0.25, -0.2) is 19.9 Å². The highest BCUT2D eigenvalue weighted by Gasteiger charge is 2.53. The Kier molecular flexibility index (Phi) is 7.68. The highest BCUT2D eigenvalue weighted by molar-refractivity contribution is 5.81. The first-order valence-corrected chi connectivity index (χ1v) is 13.2. The smallest absolute Gasteiger partial charge is 0.280 e. The van der Waals surface area contributed by atoms with E-state index in [1.807, 2.05) is 0 Å². The van der Waals surface area contributed by atoms with Crippen molar-refractivity contribution in [3.8, 4) is 12.3 Å². The van der Waals surface area contributed by atoms with Gasteiger partial charge in [0.15, 0.2) is 28.2 Å². The van der Waals surface area contributed by atoms with Gasteiger partial charge in [-0.3, -0.25) is 18.9 Å². The maximum absolute atomic E-state index is 11.8. The van der Waals surface area contributed by atoms with E-state index < -0.39 is 54.6 Å². The van der Waals surface area contributed by atoms with E-state index in [4.69, 9.17) is 27.4 Å². The number of hydrogen-bond acceptors (Lipinski definition) is 14. The fraction of sp³-hybridized carbons (Fsp3) is 0.462. The van der Waals surface area contributed by atoms with E-state index in [9.17, 15) is 25.2 Å². The highest BCUT2D eigenvalue weighted by atomic mass is 16.6. The van der Waals surface area contributed by atoms with Crippen LogP contribution in [0.2, 0.25) is 0 Å². The van der Waals surface area contributed by atoms with Gasteiger partial charge >= 0.3 is 0 Å². The van der Waals surface area contributed by atoms with Gasteiger partial charge in [-0.15, -0.1) is 13.0 Å². The highest BCUT2D eigenvalue weighted by Crippen LogP contribution is 2.43. The number of nitrogens with zero attached hydrogens (tertiary/aromatic N) is 7. The third-order valence-corrected chi connectivity index (χ3v) is 8.00. The molecule has 0 amide bonds. The summed E-state index contributed by atoms with van der Waals surface area (Å²) in [5.41, 5.74) is 9.47. The summed E-state index contributed by atoms with van der Waals surface area (Å²) in [7, 11) is 0. The number of imidazole rings is 2. The Labute approximate surface area is 243 Å². The second kappa shape index (κ2) is 11.0. The number of nitrogens with one attached hydrogen (secondary N) is 1. The van der Waals surface area contributed by atoms with Gasteiger partial charge in [0.2, 0.25) is 5.95 Å². The van der Waals surface area contributed by atoms with E-state index >= 15 is 0 Å². The molecule has 6 rings (SSSR count). The molecule has 2 aliphatic rings. The molecule has 228 valence electrons. The van der Waals surface area contributed by atoms with Crippen molar-refractivity contribution < 1.29 is 29.9 Å². The van der Waals surface area contributed by atoms with Crippen LogP contribution in [0.5, 0.6) is 0 Å². The zero-order chi connectivity index (χ0) is 31.3. The molecule has 4 aromatic heterocycles. The number of rotatable bonds is 5. The minimum absolute atomic E-state index is 0.0393. The van der Waals surface area contributed by atoms with Crippen LogP contribution < -0.4 is 17.0 Å². The summed E-state index contributed by atoms with van der Waals surface area (Å²) in [6.45, 7) is 6.26. The molecule has 0 radical (unpaired) electrons. The van der Waals surface area contributed by atoms with Crippen LogP contribution in [-0.4, -0.2) is 96.1 Å². The van der Waals surface area contributed by atoms with Crippen molar-refractivity contribution >= 4 is 34.1 Å². The van der Waals surface area contributed by atoms with Crippen LogP contribution in [0.15, 0.2) is 36.4 Å². The molecule has 0 aliphatic carbocycles. The molecule has 0 unspecified atom stereocenters. The lowest BCUT2D eigenvalue weighted by Gasteiger charge is -2.26. The molecular weight excluding hydrogens is 564 g/mol. The van der Waals surface area contributed by atoms with Crippen LogP contribution in [0.4, 0.5) is 11.8 Å². The molecule has 0 saturated carbocycles. The fourth-order valence-corrected chi connectivity index (χ4v) is 5.44. The third kappa shape index (κ3) is 4.60. The Morgan fingerprint density at radius 3 is 2.23 bits per heavy atom. The first-order valence-electron chi connectivity index (χ1n) is 13.2. The molecule has 17 nitrogen and oxygen atoms in total. The number of aliphatic hydroxyl groups excluding tert-OH is 4. The Hall–Kier alpha value is -4.44. The normalized spacial score (nSPS) is 32.0. The summed E-state index contributed by atoms with van der Waals surface area (Å²) in [5, 5.41) is 39.7. The summed E-state index contributed by atoms with van der Waals surface area (Å²) < 4.78 is 14.7. The monoisotopic (exact) mass is 596 g/mol. The maximum atomic E-state index is 11.8. The minimum Gasteiger partial charge on any atom is -0.393 e. The number of fused-ring (bicyclic) bond motifs is 2. The van der Waals surface area contributed by atoms with E-state index in [0.29, 0.717) is 11.2 Å². The summed E-state index contributed by atoms with van der Waals surface area (Å²) in [4.78, 5) is 34.4. The van der Waals surface area contributed by atoms with Crippen molar-refractivity contribution in [1.29, 1.82) is 0 Å². The van der Waals surface area contributed by atoms with Crippen LogP contribution >= 0.6 is 0 Å². The fourth-order valence-electron chi connectivity index (χ4n) is 5.44. The lowest BCUT2D eigenvalue weighted by atomic mass is 9.91. The average Bonchev–Trinajstić information content (AvgIpc) is 3.74. The van der Waals surface area contributed by atoms with Crippen LogP contribution in [-0.2, 0) is 9.47 Å². The van der Waals surface area contributed by atoms with Crippen LogP contribution in [0, 0.1) is 24.2 Å². The summed E-state index contributed by atoms with van der Waals surface area (Å²) in [6.07, 6.45) is 7.79. The van der Waals surface area contributed by atoms with Gasteiger partial charge in [0.05, 0.1) is 32.0 Å². The third-order valence-electron chi connectivity index (χ3n) is 8.00. The average molecular weight is 597 g/mol. The van der Waals surface area contributed by atoms with Crippen molar-refractivity contribution in [2.45, 2.75) is 49.7 Å². The van der Waals surface area contributed by atoms with Crippen LogP contribution in [0.1, 0.15) is 26.3 Å². The number of anilines is 2. The summed E-state index contributed by atoms with van der Waals surface area (Å²) in [6, 6.07) is 0. The molecule has 4 aromatic rings. The number of nitrogens with two attached hydrogens (primary N) is 2. The van der Waals surface area contributed by atoms with Gasteiger partial charge in [0, 0.05) is 11.8 Å². The van der Waals surface area contributed by atoms with Crippen molar-refractivity contribution in [2.75, 3.05) is 24.7 Å². The van der Waals surface area contributed by atoms with E-state index in [0.717, 1.165) is 0 Å². The standard InChI is InChI=1S/C13H17N5O4.C13H15N5O3/c1-3-13(4-19)8(20)6(2)11(22-13)18-5-15-7-9(18)16-12(14)17-10(7)21;1-3-13(4-19)9(20)7(2)12(21-13)18-6-17-8-10(14)15-5-16-11(8)18/h3,5-6,8,11,19-20H,1,4H2,2H3,(H3,14,16,17,21);1,5-7,9,12,19-20H,4H2,2H3,(H2,14,15,16)/t6-,8-,11+,13+;7-,9-,12+,13+/m00/s1. The second-order valence-corrected chi connectivity index (χ2v) is 10.5.